The molecule has 5 heteroatoms. The summed E-state index contributed by atoms with van der Waals surface area (Å²) in [4.78, 5) is 0. The minimum Gasteiger partial charge on any atom is -0.486 e. The summed E-state index contributed by atoms with van der Waals surface area (Å²) in [6.07, 6.45) is 1.77. The Morgan fingerprint density at radius 3 is 2.76 bits per heavy atom. The van der Waals surface area contributed by atoms with Gasteiger partial charge in [-0.2, -0.15) is 0 Å². The average Bonchev–Trinajstić information content (AvgIpc) is 3.03. The molecule has 2 aliphatic rings. The summed E-state index contributed by atoms with van der Waals surface area (Å²) in [5.74, 6) is 0.602. The van der Waals surface area contributed by atoms with Gasteiger partial charge >= 0.3 is 0 Å². The predicted molar refractivity (Wildman–Crippen MR) is 63.0 cm³/mol. The molecule has 3 rings (SSSR count). The van der Waals surface area contributed by atoms with Crippen LogP contribution in [0.1, 0.15) is 18.4 Å². The summed E-state index contributed by atoms with van der Waals surface area (Å²) in [5, 5.41) is 9.88. The van der Waals surface area contributed by atoms with Crippen LogP contribution in [0.5, 0.6) is 11.5 Å². The van der Waals surface area contributed by atoms with Crippen molar-refractivity contribution >= 4 is 15.9 Å². The SMILES string of the molecule is OC1(Cc2c(F)cc3c(c2Br)OCCO3)CC1. The summed E-state index contributed by atoms with van der Waals surface area (Å²) in [7, 11) is 0. The Kier molecular flexibility index (Phi) is 2.56. The molecule has 1 fully saturated rings. The first-order chi connectivity index (χ1) is 8.09. The van der Waals surface area contributed by atoms with Crippen LogP contribution >= 0.6 is 15.9 Å². The molecule has 92 valence electrons. The second-order valence-corrected chi connectivity index (χ2v) is 5.37. The number of ether oxygens (including phenoxy) is 2. The smallest absolute Gasteiger partial charge is 0.176 e. The first-order valence-corrected chi connectivity index (χ1v) is 6.37. The molecule has 17 heavy (non-hydrogen) atoms. The van der Waals surface area contributed by atoms with Crippen molar-refractivity contribution in [2.75, 3.05) is 13.2 Å². The van der Waals surface area contributed by atoms with E-state index in [4.69, 9.17) is 9.47 Å². The molecule has 1 N–H and O–H groups in total. The number of rotatable bonds is 2. The van der Waals surface area contributed by atoms with Gasteiger partial charge in [-0.15, -0.1) is 0 Å². The van der Waals surface area contributed by atoms with Gasteiger partial charge in [-0.1, -0.05) is 0 Å². The molecule has 0 saturated heterocycles. The summed E-state index contributed by atoms with van der Waals surface area (Å²) >= 11 is 3.34. The molecule has 0 radical (unpaired) electrons. The number of aliphatic hydroxyl groups is 1. The molecule has 0 atom stereocenters. The van der Waals surface area contributed by atoms with E-state index in [0.29, 0.717) is 41.2 Å². The van der Waals surface area contributed by atoms with E-state index in [-0.39, 0.29) is 5.82 Å². The van der Waals surface area contributed by atoms with Gasteiger partial charge in [-0.3, -0.25) is 0 Å². The molecule has 3 nitrogen and oxygen atoms in total. The fraction of sp³-hybridized carbons (Fsp3) is 0.500. The van der Waals surface area contributed by atoms with Crippen LogP contribution in [0.15, 0.2) is 10.5 Å². The molecule has 0 unspecified atom stereocenters. The van der Waals surface area contributed by atoms with E-state index in [9.17, 15) is 9.50 Å². The van der Waals surface area contributed by atoms with Gasteiger partial charge in [0, 0.05) is 18.1 Å². The third-order valence-electron chi connectivity index (χ3n) is 3.15. The van der Waals surface area contributed by atoms with Gasteiger partial charge in [0.1, 0.15) is 19.0 Å². The van der Waals surface area contributed by atoms with Crippen molar-refractivity contribution in [1.29, 1.82) is 0 Å². The summed E-state index contributed by atoms with van der Waals surface area (Å²) < 4.78 is 25.3. The number of fused-ring (bicyclic) bond motifs is 1. The topological polar surface area (TPSA) is 38.7 Å². The Morgan fingerprint density at radius 2 is 2.06 bits per heavy atom. The number of hydrogen-bond acceptors (Lipinski definition) is 3. The van der Waals surface area contributed by atoms with Crippen molar-refractivity contribution in [2.45, 2.75) is 24.9 Å². The molecular formula is C12H12BrFO3. The highest BCUT2D eigenvalue weighted by atomic mass is 79.9. The average molecular weight is 303 g/mol. The van der Waals surface area contributed by atoms with Crippen LogP contribution < -0.4 is 9.47 Å². The Labute approximate surface area is 107 Å². The standard InChI is InChI=1S/C12H12BrFO3/c13-10-7(6-12(15)1-2-12)8(14)5-9-11(10)17-4-3-16-9/h5,15H,1-4,6H2. The minimum absolute atomic E-state index is 0.316. The van der Waals surface area contributed by atoms with Gasteiger partial charge < -0.3 is 14.6 Å². The van der Waals surface area contributed by atoms with E-state index in [1.807, 2.05) is 0 Å². The third kappa shape index (κ3) is 2.02. The van der Waals surface area contributed by atoms with Crippen LogP contribution in [0.3, 0.4) is 0 Å². The molecule has 1 aliphatic heterocycles. The van der Waals surface area contributed by atoms with Gasteiger partial charge in [0.25, 0.3) is 0 Å². The maximum atomic E-state index is 13.9. The largest absolute Gasteiger partial charge is 0.486 e. The zero-order valence-corrected chi connectivity index (χ0v) is 10.7. The highest BCUT2D eigenvalue weighted by Crippen LogP contribution is 2.45. The normalized spacial score (nSPS) is 20.2. The first-order valence-electron chi connectivity index (χ1n) is 5.58. The summed E-state index contributed by atoms with van der Waals surface area (Å²) in [6.45, 7) is 0.892. The quantitative estimate of drug-likeness (QED) is 0.912. The maximum absolute atomic E-state index is 13.9. The Balaban J connectivity index is 2.02. The van der Waals surface area contributed by atoms with Crippen LogP contribution in [0.25, 0.3) is 0 Å². The second-order valence-electron chi connectivity index (χ2n) is 4.58. The van der Waals surface area contributed by atoms with Gasteiger partial charge in [-0.25, -0.2) is 4.39 Å². The number of benzene rings is 1. The molecule has 0 amide bonds. The van der Waals surface area contributed by atoms with Crippen molar-refractivity contribution in [1.82, 2.24) is 0 Å². The monoisotopic (exact) mass is 302 g/mol. The van der Waals surface area contributed by atoms with Crippen LogP contribution in [-0.4, -0.2) is 23.9 Å². The van der Waals surface area contributed by atoms with Crippen LogP contribution in [0, 0.1) is 5.82 Å². The lowest BCUT2D eigenvalue weighted by Gasteiger charge is -2.22. The van der Waals surface area contributed by atoms with E-state index < -0.39 is 5.60 Å². The highest BCUT2D eigenvalue weighted by Gasteiger charge is 2.42. The maximum Gasteiger partial charge on any atom is 0.176 e. The minimum atomic E-state index is -0.729. The van der Waals surface area contributed by atoms with Crippen LogP contribution in [-0.2, 0) is 6.42 Å². The fourth-order valence-electron chi connectivity index (χ4n) is 1.97. The molecule has 0 aromatic heterocycles. The van der Waals surface area contributed by atoms with E-state index in [2.05, 4.69) is 15.9 Å². The third-order valence-corrected chi connectivity index (χ3v) is 3.99. The lowest BCUT2D eigenvalue weighted by molar-refractivity contribution is 0.147. The number of hydrogen-bond donors (Lipinski definition) is 1. The van der Waals surface area contributed by atoms with Crippen molar-refractivity contribution < 1.29 is 19.0 Å². The molecule has 1 saturated carbocycles. The second kappa shape index (κ2) is 3.85. The van der Waals surface area contributed by atoms with Crippen LogP contribution in [0.4, 0.5) is 4.39 Å². The molecule has 1 aromatic carbocycles. The Bertz CT molecular complexity index is 471. The summed E-state index contributed by atoms with van der Waals surface area (Å²) in [5.41, 5.74) is -0.262. The molecular weight excluding hydrogens is 291 g/mol. The fourth-order valence-corrected chi connectivity index (χ4v) is 2.61. The van der Waals surface area contributed by atoms with Gasteiger partial charge in [0.2, 0.25) is 0 Å². The van der Waals surface area contributed by atoms with E-state index >= 15 is 0 Å². The molecule has 1 aliphatic carbocycles. The van der Waals surface area contributed by atoms with Crippen molar-refractivity contribution in [3.63, 3.8) is 0 Å². The van der Waals surface area contributed by atoms with E-state index in [1.165, 1.54) is 6.07 Å². The molecule has 0 spiro atoms. The van der Waals surface area contributed by atoms with Crippen molar-refractivity contribution in [3.8, 4) is 11.5 Å². The highest BCUT2D eigenvalue weighted by molar-refractivity contribution is 9.10. The van der Waals surface area contributed by atoms with Gasteiger partial charge in [0.15, 0.2) is 11.5 Å². The van der Waals surface area contributed by atoms with Crippen molar-refractivity contribution in [2.24, 2.45) is 0 Å². The Morgan fingerprint density at radius 1 is 1.35 bits per heavy atom. The van der Waals surface area contributed by atoms with Gasteiger partial charge in [-0.05, 0) is 28.8 Å². The lowest BCUT2D eigenvalue weighted by atomic mass is 10.0. The van der Waals surface area contributed by atoms with E-state index in [0.717, 1.165) is 12.8 Å². The van der Waals surface area contributed by atoms with E-state index in [1.54, 1.807) is 0 Å². The molecule has 0 bridgehead atoms. The Hall–Kier alpha value is -0.810. The zero-order chi connectivity index (χ0) is 12.0. The molecule has 1 aromatic rings. The van der Waals surface area contributed by atoms with Gasteiger partial charge in [0.05, 0.1) is 10.1 Å². The van der Waals surface area contributed by atoms with Crippen LogP contribution in [0.2, 0.25) is 0 Å². The van der Waals surface area contributed by atoms with Crippen molar-refractivity contribution in [3.05, 3.63) is 21.9 Å². The number of halogens is 2. The summed E-state index contributed by atoms with van der Waals surface area (Å²) in [6, 6.07) is 1.33. The predicted octanol–water partition coefficient (Wildman–Crippen LogP) is 2.43. The first kappa shape index (κ1) is 11.3. The lowest BCUT2D eigenvalue weighted by Crippen LogP contribution is -2.18. The molecule has 1 heterocycles. The zero-order valence-electron chi connectivity index (χ0n) is 9.13.